The van der Waals surface area contributed by atoms with Gasteiger partial charge in [-0.2, -0.15) is 0 Å². The lowest BCUT2D eigenvalue weighted by atomic mass is 10.1. The SMILES string of the molecule is CC(C)CCC=CBr. The lowest BCUT2D eigenvalue weighted by Gasteiger charge is -1.97. The predicted octanol–water partition coefficient (Wildman–Crippen LogP) is 3.33. The van der Waals surface area contributed by atoms with E-state index in [1.165, 1.54) is 12.8 Å². The molecule has 0 aliphatic rings. The molecule has 0 aromatic carbocycles. The Labute approximate surface area is 60.1 Å². The van der Waals surface area contributed by atoms with Crippen LogP contribution in [-0.2, 0) is 0 Å². The highest BCUT2D eigenvalue weighted by atomic mass is 79.9. The highest BCUT2D eigenvalue weighted by molar-refractivity contribution is 9.11. The normalized spacial score (nSPS) is 11.5. The molecule has 0 saturated heterocycles. The highest BCUT2D eigenvalue weighted by Crippen LogP contribution is 2.03. The molecule has 0 aliphatic carbocycles. The molecule has 0 bridgehead atoms. The van der Waals surface area contributed by atoms with E-state index in [2.05, 4.69) is 35.9 Å². The Morgan fingerprint density at radius 1 is 1.50 bits per heavy atom. The van der Waals surface area contributed by atoms with Gasteiger partial charge in [-0.05, 0) is 23.7 Å². The smallest absolute Gasteiger partial charge is 0.0229 e. The number of hydrogen-bond acceptors (Lipinski definition) is 0. The van der Waals surface area contributed by atoms with Crippen LogP contribution in [0, 0.1) is 5.92 Å². The van der Waals surface area contributed by atoms with Gasteiger partial charge in [0.1, 0.15) is 0 Å². The van der Waals surface area contributed by atoms with Crippen molar-refractivity contribution in [3.63, 3.8) is 0 Å². The summed E-state index contributed by atoms with van der Waals surface area (Å²) in [6, 6.07) is 0. The van der Waals surface area contributed by atoms with E-state index in [4.69, 9.17) is 0 Å². The van der Waals surface area contributed by atoms with E-state index in [0.717, 1.165) is 5.92 Å². The van der Waals surface area contributed by atoms with Crippen LogP contribution in [0.3, 0.4) is 0 Å². The molecule has 0 nitrogen and oxygen atoms in total. The van der Waals surface area contributed by atoms with Gasteiger partial charge >= 0.3 is 0 Å². The van der Waals surface area contributed by atoms with E-state index < -0.39 is 0 Å². The summed E-state index contributed by atoms with van der Waals surface area (Å²) in [6.07, 6.45) is 4.63. The maximum atomic E-state index is 3.22. The van der Waals surface area contributed by atoms with Gasteiger partial charge in [0.15, 0.2) is 0 Å². The van der Waals surface area contributed by atoms with Gasteiger partial charge in [-0.1, -0.05) is 35.9 Å². The molecule has 0 rings (SSSR count). The van der Waals surface area contributed by atoms with Crippen LogP contribution in [-0.4, -0.2) is 0 Å². The number of halogens is 1. The van der Waals surface area contributed by atoms with Gasteiger partial charge in [-0.3, -0.25) is 0 Å². The van der Waals surface area contributed by atoms with E-state index in [9.17, 15) is 0 Å². The van der Waals surface area contributed by atoms with Crippen molar-refractivity contribution in [2.24, 2.45) is 5.92 Å². The van der Waals surface area contributed by atoms with Crippen molar-refractivity contribution in [3.8, 4) is 0 Å². The summed E-state index contributed by atoms with van der Waals surface area (Å²) in [5.74, 6) is 0.832. The molecule has 0 heterocycles. The Morgan fingerprint density at radius 3 is 2.50 bits per heavy atom. The van der Waals surface area contributed by atoms with Crippen LogP contribution in [0.15, 0.2) is 11.1 Å². The van der Waals surface area contributed by atoms with Crippen LogP contribution < -0.4 is 0 Å². The zero-order chi connectivity index (χ0) is 6.41. The molecule has 0 aromatic rings. The van der Waals surface area contributed by atoms with Crippen LogP contribution in [0.25, 0.3) is 0 Å². The maximum absolute atomic E-state index is 3.22. The van der Waals surface area contributed by atoms with Crippen molar-refractivity contribution in [2.75, 3.05) is 0 Å². The van der Waals surface area contributed by atoms with Gasteiger partial charge in [0, 0.05) is 0 Å². The monoisotopic (exact) mass is 176 g/mol. The first-order valence-corrected chi connectivity index (χ1v) is 3.94. The molecular formula is C7H13Br. The standard InChI is InChI=1S/C7H13Br/c1-7(2)5-3-4-6-8/h4,6-7H,3,5H2,1-2H3. The maximum Gasteiger partial charge on any atom is -0.0229 e. The lowest BCUT2D eigenvalue weighted by Crippen LogP contribution is -1.82. The average Bonchev–Trinajstić information content (AvgIpc) is 1.66. The predicted molar refractivity (Wildman–Crippen MR) is 42.1 cm³/mol. The third kappa shape index (κ3) is 6.22. The number of rotatable bonds is 3. The minimum absolute atomic E-state index is 0.832. The van der Waals surface area contributed by atoms with Crippen LogP contribution in [0.2, 0.25) is 0 Å². The first-order valence-electron chi connectivity index (χ1n) is 3.02. The van der Waals surface area contributed by atoms with Crippen molar-refractivity contribution in [1.29, 1.82) is 0 Å². The summed E-state index contributed by atoms with van der Waals surface area (Å²) in [7, 11) is 0. The fraction of sp³-hybridized carbons (Fsp3) is 0.714. The second-order valence-electron chi connectivity index (χ2n) is 2.33. The molecule has 1 heteroatoms. The fourth-order valence-electron chi connectivity index (χ4n) is 0.493. The zero-order valence-corrected chi connectivity index (χ0v) is 7.11. The fourth-order valence-corrected chi connectivity index (χ4v) is 0.757. The minimum atomic E-state index is 0.832. The Hall–Kier alpha value is 0.220. The van der Waals surface area contributed by atoms with Gasteiger partial charge in [0.05, 0.1) is 0 Å². The third-order valence-corrected chi connectivity index (χ3v) is 1.37. The van der Waals surface area contributed by atoms with E-state index in [1.807, 2.05) is 4.99 Å². The quantitative estimate of drug-likeness (QED) is 0.620. The Kier molecular flexibility index (Phi) is 5.51. The first-order chi connectivity index (χ1) is 3.77. The summed E-state index contributed by atoms with van der Waals surface area (Å²) < 4.78 is 0. The molecule has 0 radical (unpaired) electrons. The van der Waals surface area contributed by atoms with Gasteiger partial charge in [-0.25, -0.2) is 0 Å². The molecule has 48 valence electrons. The molecular weight excluding hydrogens is 164 g/mol. The molecule has 0 amide bonds. The topological polar surface area (TPSA) is 0 Å². The van der Waals surface area contributed by atoms with Crippen LogP contribution >= 0.6 is 15.9 Å². The van der Waals surface area contributed by atoms with Gasteiger partial charge in [0.2, 0.25) is 0 Å². The van der Waals surface area contributed by atoms with E-state index in [-0.39, 0.29) is 0 Å². The second-order valence-corrected chi connectivity index (χ2v) is 2.86. The summed E-state index contributed by atoms with van der Waals surface area (Å²) in [4.78, 5) is 1.93. The average molecular weight is 177 g/mol. The summed E-state index contributed by atoms with van der Waals surface area (Å²) >= 11 is 3.22. The molecule has 0 fully saturated rings. The Morgan fingerprint density at radius 2 is 2.12 bits per heavy atom. The second kappa shape index (κ2) is 5.36. The molecule has 0 saturated carbocycles. The third-order valence-electron chi connectivity index (χ3n) is 1.000. The summed E-state index contributed by atoms with van der Waals surface area (Å²) in [5, 5.41) is 0. The Balaban J connectivity index is 2.93. The van der Waals surface area contributed by atoms with Crippen molar-refractivity contribution >= 4 is 15.9 Å². The van der Waals surface area contributed by atoms with Crippen molar-refractivity contribution < 1.29 is 0 Å². The molecule has 0 aromatic heterocycles. The van der Waals surface area contributed by atoms with Crippen molar-refractivity contribution in [1.82, 2.24) is 0 Å². The lowest BCUT2D eigenvalue weighted by molar-refractivity contribution is 0.594. The molecule has 0 unspecified atom stereocenters. The zero-order valence-electron chi connectivity index (χ0n) is 5.52. The van der Waals surface area contributed by atoms with Crippen LogP contribution in [0.4, 0.5) is 0 Å². The van der Waals surface area contributed by atoms with Crippen molar-refractivity contribution in [3.05, 3.63) is 11.1 Å². The molecule has 0 aliphatic heterocycles. The molecule has 0 N–H and O–H groups in total. The molecule has 8 heavy (non-hydrogen) atoms. The number of allylic oxidation sites excluding steroid dienone is 1. The summed E-state index contributed by atoms with van der Waals surface area (Å²) in [6.45, 7) is 4.48. The van der Waals surface area contributed by atoms with Crippen LogP contribution in [0.5, 0.6) is 0 Å². The summed E-state index contributed by atoms with van der Waals surface area (Å²) in [5.41, 5.74) is 0. The number of hydrogen-bond donors (Lipinski definition) is 0. The Bertz CT molecular complexity index is 64.8. The van der Waals surface area contributed by atoms with E-state index in [1.54, 1.807) is 0 Å². The molecule has 0 spiro atoms. The largest absolute Gasteiger partial charge is 0.0776 e. The van der Waals surface area contributed by atoms with Gasteiger partial charge in [0.25, 0.3) is 0 Å². The van der Waals surface area contributed by atoms with Gasteiger partial charge in [-0.15, -0.1) is 0 Å². The first kappa shape index (κ1) is 8.22. The minimum Gasteiger partial charge on any atom is -0.0776 e. The van der Waals surface area contributed by atoms with E-state index in [0.29, 0.717) is 0 Å². The van der Waals surface area contributed by atoms with Crippen molar-refractivity contribution in [2.45, 2.75) is 26.7 Å². The van der Waals surface area contributed by atoms with E-state index >= 15 is 0 Å². The molecule has 0 atom stereocenters. The highest BCUT2D eigenvalue weighted by Gasteiger charge is 1.87. The van der Waals surface area contributed by atoms with Crippen LogP contribution in [0.1, 0.15) is 26.7 Å². The van der Waals surface area contributed by atoms with Gasteiger partial charge < -0.3 is 0 Å².